The van der Waals surface area contributed by atoms with E-state index in [1.807, 2.05) is 6.92 Å². The van der Waals surface area contributed by atoms with Crippen LogP contribution in [0.2, 0.25) is 0 Å². The number of nitrogens with one attached hydrogen (secondary N) is 2. The first kappa shape index (κ1) is 14.3. The fraction of sp³-hybridized carbons (Fsp3) is 1.00. The van der Waals surface area contributed by atoms with Crippen LogP contribution in [0, 0.1) is 11.8 Å². The minimum absolute atomic E-state index is 0.110. The topological polar surface area (TPSA) is 58.2 Å². The molecular weight excluding hydrogens is 248 g/mol. The fourth-order valence-electron chi connectivity index (χ4n) is 3.24. The van der Waals surface area contributed by atoms with Gasteiger partial charge in [0.2, 0.25) is 10.0 Å². The molecule has 4 nitrogen and oxygen atoms in total. The number of rotatable bonds is 5. The van der Waals surface area contributed by atoms with Gasteiger partial charge in [-0.05, 0) is 57.5 Å². The Balaban J connectivity index is 1.82. The van der Waals surface area contributed by atoms with Crippen LogP contribution in [0.3, 0.4) is 0 Å². The van der Waals surface area contributed by atoms with Crippen LogP contribution >= 0.6 is 0 Å². The summed E-state index contributed by atoms with van der Waals surface area (Å²) in [6.45, 7) is 3.94. The highest BCUT2D eigenvalue weighted by atomic mass is 32.2. The Hall–Kier alpha value is -0.130. The minimum atomic E-state index is -3.10. The van der Waals surface area contributed by atoms with Gasteiger partial charge in [-0.2, -0.15) is 0 Å². The molecule has 2 rings (SSSR count). The van der Waals surface area contributed by atoms with Crippen LogP contribution in [0.1, 0.15) is 45.4 Å². The molecule has 18 heavy (non-hydrogen) atoms. The van der Waals surface area contributed by atoms with Crippen molar-refractivity contribution in [3.63, 3.8) is 0 Å². The number of piperidine rings is 1. The maximum Gasteiger partial charge on any atom is 0.212 e. The predicted octanol–water partition coefficient (Wildman–Crippen LogP) is 1.48. The molecule has 0 aromatic heterocycles. The molecule has 0 radical (unpaired) electrons. The molecule has 2 fully saturated rings. The molecule has 2 aliphatic rings. The zero-order valence-corrected chi connectivity index (χ0v) is 12.1. The third kappa shape index (κ3) is 4.21. The van der Waals surface area contributed by atoms with Gasteiger partial charge in [-0.25, -0.2) is 13.1 Å². The molecule has 1 aliphatic carbocycles. The molecule has 2 N–H and O–H groups in total. The average molecular weight is 274 g/mol. The second kappa shape index (κ2) is 6.35. The summed E-state index contributed by atoms with van der Waals surface area (Å²) in [6, 6.07) is 0.110. The monoisotopic (exact) mass is 274 g/mol. The van der Waals surface area contributed by atoms with Crippen molar-refractivity contribution < 1.29 is 8.42 Å². The summed E-state index contributed by atoms with van der Waals surface area (Å²) < 4.78 is 27.2. The van der Waals surface area contributed by atoms with E-state index >= 15 is 0 Å². The lowest BCUT2D eigenvalue weighted by Gasteiger charge is -2.25. The first-order valence-corrected chi connectivity index (χ1v) is 8.93. The third-order valence-corrected chi connectivity index (χ3v) is 6.03. The maximum atomic E-state index is 12.1. The zero-order chi connectivity index (χ0) is 13.0. The zero-order valence-electron chi connectivity index (χ0n) is 11.3. The summed E-state index contributed by atoms with van der Waals surface area (Å²) in [5.74, 6) is 1.19. The normalized spacial score (nSPS) is 25.4. The summed E-state index contributed by atoms with van der Waals surface area (Å²) in [7, 11) is -3.10. The summed E-state index contributed by atoms with van der Waals surface area (Å²) in [6.07, 6.45) is 6.83. The highest BCUT2D eigenvalue weighted by molar-refractivity contribution is 7.89. The number of hydrogen-bond acceptors (Lipinski definition) is 3. The highest BCUT2D eigenvalue weighted by Crippen LogP contribution is 2.28. The van der Waals surface area contributed by atoms with Crippen molar-refractivity contribution in [2.75, 3.05) is 18.8 Å². The second-order valence-corrected chi connectivity index (χ2v) is 7.72. The van der Waals surface area contributed by atoms with E-state index in [2.05, 4.69) is 10.0 Å². The lowest BCUT2D eigenvalue weighted by atomic mass is 10.0. The van der Waals surface area contributed by atoms with Gasteiger partial charge in [-0.3, -0.25) is 0 Å². The van der Waals surface area contributed by atoms with Crippen molar-refractivity contribution >= 4 is 10.0 Å². The molecule has 106 valence electrons. The Labute approximate surface area is 111 Å². The van der Waals surface area contributed by atoms with Gasteiger partial charge >= 0.3 is 0 Å². The second-order valence-electron chi connectivity index (χ2n) is 5.93. The Morgan fingerprint density at radius 1 is 1.17 bits per heavy atom. The van der Waals surface area contributed by atoms with Gasteiger partial charge in [-0.15, -0.1) is 0 Å². The van der Waals surface area contributed by atoms with E-state index in [1.165, 1.54) is 25.7 Å². The Morgan fingerprint density at radius 2 is 1.78 bits per heavy atom. The van der Waals surface area contributed by atoms with E-state index in [-0.39, 0.29) is 6.04 Å². The molecule has 1 atom stereocenters. The van der Waals surface area contributed by atoms with Crippen LogP contribution < -0.4 is 10.0 Å². The van der Waals surface area contributed by atoms with Crippen LogP contribution in [0.15, 0.2) is 0 Å². The van der Waals surface area contributed by atoms with Gasteiger partial charge in [0, 0.05) is 6.04 Å². The van der Waals surface area contributed by atoms with Crippen LogP contribution in [0.25, 0.3) is 0 Å². The smallest absolute Gasteiger partial charge is 0.212 e. The molecule has 1 saturated carbocycles. The lowest BCUT2D eigenvalue weighted by Crippen LogP contribution is -2.41. The molecule has 0 spiro atoms. The first-order chi connectivity index (χ1) is 8.57. The number of sulfonamides is 1. The quantitative estimate of drug-likeness (QED) is 0.798. The SMILES string of the molecule is CC(NS(=O)(=O)CC1CCNCC1)C1CCCC1. The predicted molar refractivity (Wildman–Crippen MR) is 73.9 cm³/mol. The molecule has 0 aromatic carbocycles. The van der Waals surface area contributed by atoms with E-state index in [4.69, 9.17) is 0 Å². The lowest BCUT2D eigenvalue weighted by molar-refractivity contribution is 0.392. The molecule has 0 amide bonds. The van der Waals surface area contributed by atoms with Crippen molar-refractivity contribution in [1.82, 2.24) is 10.0 Å². The highest BCUT2D eigenvalue weighted by Gasteiger charge is 2.27. The minimum Gasteiger partial charge on any atom is -0.317 e. The Bertz CT molecular complexity index is 344. The van der Waals surface area contributed by atoms with Crippen LogP contribution in [-0.2, 0) is 10.0 Å². The first-order valence-electron chi connectivity index (χ1n) is 7.27. The van der Waals surface area contributed by atoms with Crippen LogP contribution in [-0.4, -0.2) is 33.3 Å². The average Bonchev–Trinajstić information content (AvgIpc) is 2.82. The largest absolute Gasteiger partial charge is 0.317 e. The van der Waals surface area contributed by atoms with Gasteiger partial charge in [-0.1, -0.05) is 12.8 Å². The molecule has 5 heteroatoms. The van der Waals surface area contributed by atoms with Crippen LogP contribution in [0.5, 0.6) is 0 Å². The molecule has 1 saturated heterocycles. The van der Waals surface area contributed by atoms with Crippen LogP contribution in [0.4, 0.5) is 0 Å². The van der Waals surface area contributed by atoms with E-state index in [0.29, 0.717) is 17.6 Å². The molecule has 1 unspecified atom stereocenters. The standard InChI is InChI=1S/C13H26N2O2S/c1-11(13-4-2-3-5-13)15-18(16,17)10-12-6-8-14-9-7-12/h11-15H,2-10H2,1H3. The van der Waals surface area contributed by atoms with Gasteiger partial charge < -0.3 is 5.32 Å². The summed E-state index contributed by atoms with van der Waals surface area (Å²) in [5.41, 5.74) is 0. The molecule has 0 aromatic rings. The summed E-state index contributed by atoms with van der Waals surface area (Å²) in [5, 5.41) is 3.27. The third-order valence-electron chi connectivity index (χ3n) is 4.39. The Morgan fingerprint density at radius 3 is 2.39 bits per heavy atom. The summed E-state index contributed by atoms with van der Waals surface area (Å²) in [4.78, 5) is 0. The van der Waals surface area contributed by atoms with Gasteiger partial charge in [0.1, 0.15) is 0 Å². The van der Waals surface area contributed by atoms with E-state index in [1.54, 1.807) is 0 Å². The summed E-state index contributed by atoms with van der Waals surface area (Å²) >= 11 is 0. The Kier molecular flexibility index (Phi) is 5.04. The molecule has 1 aliphatic heterocycles. The maximum absolute atomic E-state index is 12.1. The van der Waals surface area contributed by atoms with Gasteiger partial charge in [0.25, 0.3) is 0 Å². The molecular formula is C13H26N2O2S. The molecule has 1 heterocycles. The fourth-order valence-corrected chi connectivity index (χ4v) is 5.05. The van der Waals surface area contributed by atoms with Crippen molar-refractivity contribution in [2.45, 2.75) is 51.5 Å². The van der Waals surface area contributed by atoms with Crippen molar-refractivity contribution in [1.29, 1.82) is 0 Å². The molecule has 0 bridgehead atoms. The van der Waals surface area contributed by atoms with E-state index in [9.17, 15) is 8.42 Å². The van der Waals surface area contributed by atoms with Crippen molar-refractivity contribution in [2.24, 2.45) is 11.8 Å². The van der Waals surface area contributed by atoms with Gasteiger partial charge in [0.15, 0.2) is 0 Å². The van der Waals surface area contributed by atoms with E-state index in [0.717, 1.165) is 25.9 Å². The van der Waals surface area contributed by atoms with Crippen molar-refractivity contribution in [3.05, 3.63) is 0 Å². The number of hydrogen-bond donors (Lipinski definition) is 2. The van der Waals surface area contributed by atoms with Crippen molar-refractivity contribution in [3.8, 4) is 0 Å². The van der Waals surface area contributed by atoms with Gasteiger partial charge in [0.05, 0.1) is 5.75 Å². The van der Waals surface area contributed by atoms with E-state index < -0.39 is 10.0 Å².